The van der Waals surface area contributed by atoms with Gasteiger partial charge in [-0.15, -0.1) is 0 Å². The zero-order chi connectivity index (χ0) is 12.8. The predicted molar refractivity (Wildman–Crippen MR) is 82.4 cm³/mol. The van der Waals surface area contributed by atoms with Gasteiger partial charge in [0.2, 0.25) is 0 Å². The summed E-state index contributed by atoms with van der Waals surface area (Å²) in [6.07, 6.45) is 9.72. The molecule has 1 aromatic rings. The van der Waals surface area contributed by atoms with E-state index in [0.717, 1.165) is 23.0 Å². The highest BCUT2D eigenvalue weighted by molar-refractivity contribution is 8.04. The molecule has 0 amide bonds. The lowest BCUT2D eigenvalue weighted by Crippen LogP contribution is -2.10. The fraction of sp³-hybridized carbons (Fsp3) is 0.312. The lowest BCUT2D eigenvalue weighted by atomic mass is 9.97. The second-order valence-corrected chi connectivity index (χ2v) is 6.42. The number of anilines is 1. The minimum Gasteiger partial charge on any atom is -0.388 e. The van der Waals surface area contributed by atoms with E-state index in [1.165, 1.54) is 22.6 Å². The van der Waals surface area contributed by atoms with Crippen molar-refractivity contribution >= 4 is 28.8 Å². The maximum Gasteiger partial charge on any atom is 0.0778 e. The van der Waals surface area contributed by atoms with Crippen LogP contribution >= 0.6 is 11.8 Å². The van der Waals surface area contributed by atoms with E-state index < -0.39 is 0 Å². The number of fused-ring (bicyclic) bond motifs is 2. The van der Waals surface area contributed by atoms with Crippen LogP contribution in [0.1, 0.15) is 12.8 Å². The van der Waals surface area contributed by atoms with Gasteiger partial charge in [-0.25, -0.2) is 4.99 Å². The molecule has 19 heavy (non-hydrogen) atoms. The number of benzene rings is 1. The highest BCUT2D eigenvalue weighted by Crippen LogP contribution is 2.46. The number of nitrogens with zero attached hydrogens (tertiary/aromatic N) is 1. The fourth-order valence-corrected chi connectivity index (χ4v) is 3.73. The Morgan fingerprint density at radius 3 is 3.00 bits per heavy atom. The van der Waals surface area contributed by atoms with Crippen molar-refractivity contribution in [3.05, 3.63) is 41.3 Å². The summed E-state index contributed by atoms with van der Waals surface area (Å²) in [6, 6.07) is 6.36. The lowest BCUT2D eigenvalue weighted by Gasteiger charge is -2.22. The Hall–Kier alpha value is -1.48. The quantitative estimate of drug-likeness (QED) is 0.860. The second-order valence-electron chi connectivity index (χ2n) is 5.34. The van der Waals surface area contributed by atoms with Crippen LogP contribution in [-0.2, 0) is 0 Å². The molecule has 2 nitrogen and oxygen atoms in total. The lowest BCUT2D eigenvalue weighted by molar-refractivity contribution is 0.693. The summed E-state index contributed by atoms with van der Waals surface area (Å²) < 4.78 is 0. The molecule has 1 heterocycles. The van der Waals surface area contributed by atoms with Crippen LogP contribution in [-0.4, -0.2) is 12.8 Å². The Kier molecular flexibility index (Phi) is 2.55. The van der Waals surface area contributed by atoms with Crippen molar-refractivity contribution in [3.63, 3.8) is 0 Å². The van der Waals surface area contributed by atoms with E-state index in [1.54, 1.807) is 0 Å². The van der Waals surface area contributed by atoms with Crippen molar-refractivity contribution in [1.29, 1.82) is 0 Å². The van der Waals surface area contributed by atoms with Crippen molar-refractivity contribution in [2.75, 3.05) is 12.4 Å². The smallest absolute Gasteiger partial charge is 0.0778 e. The van der Waals surface area contributed by atoms with Crippen LogP contribution in [0.25, 0.3) is 0 Å². The molecule has 3 heteroatoms. The minimum absolute atomic E-state index is 0.635. The molecule has 1 N–H and O–H groups in total. The summed E-state index contributed by atoms with van der Waals surface area (Å²) in [6.45, 7) is 0. The van der Waals surface area contributed by atoms with E-state index in [9.17, 15) is 0 Å². The number of hydrogen-bond donors (Lipinski definition) is 1. The predicted octanol–water partition coefficient (Wildman–Crippen LogP) is 4.39. The third kappa shape index (κ3) is 2.02. The van der Waals surface area contributed by atoms with Crippen LogP contribution in [0, 0.1) is 11.8 Å². The summed E-state index contributed by atoms with van der Waals surface area (Å²) in [5.41, 5.74) is 3.37. The maximum atomic E-state index is 4.77. The van der Waals surface area contributed by atoms with Gasteiger partial charge in [-0.2, -0.15) is 0 Å². The van der Waals surface area contributed by atoms with Gasteiger partial charge in [-0.05, 0) is 49.0 Å². The molecule has 0 aromatic heterocycles. The van der Waals surface area contributed by atoms with E-state index in [1.807, 2.05) is 18.8 Å². The van der Waals surface area contributed by atoms with Crippen molar-refractivity contribution in [1.82, 2.24) is 0 Å². The normalized spacial score (nSPS) is 24.2. The maximum absolute atomic E-state index is 4.77. The Morgan fingerprint density at radius 1 is 1.32 bits per heavy atom. The zero-order valence-electron chi connectivity index (χ0n) is 10.9. The molecule has 0 saturated heterocycles. The number of nitrogens with one attached hydrogen (secondary N) is 1. The molecule has 1 atom stereocenters. The topological polar surface area (TPSA) is 24.4 Å². The van der Waals surface area contributed by atoms with Gasteiger partial charge in [0.05, 0.1) is 11.4 Å². The highest BCUT2D eigenvalue weighted by atomic mass is 32.2. The Morgan fingerprint density at radius 2 is 2.21 bits per heavy atom. The molecule has 4 rings (SSSR count). The van der Waals surface area contributed by atoms with Gasteiger partial charge in [-0.1, -0.05) is 23.9 Å². The van der Waals surface area contributed by atoms with Crippen LogP contribution < -0.4 is 5.32 Å². The monoisotopic (exact) mass is 268 g/mol. The van der Waals surface area contributed by atoms with Gasteiger partial charge in [0.1, 0.15) is 0 Å². The molecule has 1 unspecified atom stereocenters. The van der Waals surface area contributed by atoms with Crippen LogP contribution in [0.5, 0.6) is 0 Å². The molecule has 1 fully saturated rings. The van der Waals surface area contributed by atoms with E-state index >= 15 is 0 Å². The highest BCUT2D eigenvalue weighted by Gasteiger charge is 2.31. The third-order valence-corrected chi connectivity index (χ3v) is 5.06. The largest absolute Gasteiger partial charge is 0.388 e. The first-order valence-electron chi connectivity index (χ1n) is 6.82. The van der Waals surface area contributed by atoms with Crippen molar-refractivity contribution in [2.45, 2.75) is 17.7 Å². The molecule has 1 saturated carbocycles. The van der Waals surface area contributed by atoms with Crippen molar-refractivity contribution < 1.29 is 0 Å². The van der Waals surface area contributed by atoms with E-state index in [0.29, 0.717) is 5.92 Å². The molecule has 0 bridgehead atoms. The van der Waals surface area contributed by atoms with Gasteiger partial charge in [-0.3, -0.25) is 0 Å². The van der Waals surface area contributed by atoms with E-state index in [4.69, 9.17) is 4.99 Å². The molecule has 0 spiro atoms. The van der Waals surface area contributed by atoms with Gasteiger partial charge in [0.25, 0.3) is 0 Å². The molecule has 2 aliphatic carbocycles. The molecular weight excluding hydrogens is 252 g/mol. The van der Waals surface area contributed by atoms with Gasteiger partial charge in [0.15, 0.2) is 0 Å². The van der Waals surface area contributed by atoms with Crippen molar-refractivity contribution in [3.8, 4) is 0 Å². The fourth-order valence-electron chi connectivity index (χ4n) is 2.65. The van der Waals surface area contributed by atoms with Crippen LogP contribution in [0.2, 0.25) is 0 Å². The Balaban J connectivity index is 1.72. The first-order chi connectivity index (χ1) is 9.33. The SMILES string of the molecule is CNc1ccc2c(c1)SC1=CC(C3CC3)C=CC1=N2. The number of aliphatic imine (C=N–C) groups is 1. The molecule has 0 radical (unpaired) electrons. The van der Waals surface area contributed by atoms with Crippen LogP contribution in [0.15, 0.2) is 51.2 Å². The molecule has 1 aliphatic heterocycles. The van der Waals surface area contributed by atoms with Crippen LogP contribution in [0.4, 0.5) is 11.4 Å². The van der Waals surface area contributed by atoms with E-state index in [-0.39, 0.29) is 0 Å². The number of allylic oxidation sites excluding steroid dienone is 4. The zero-order valence-corrected chi connectivity index (χ0v) is 11.7. The first-order valence-corrected chi connectivity index (χ1v) is 7.64. The Bertz CT molecular complexity index is 624. The molecular formula is C16H16N2S. The van der Waals surface area contributed by atoms with Crippen molar-refractivity contribution in [2.24, 2.45) is 16.8 Å². The number of rotatable bonds is 2. The second kappa shape index (κ2) is 4.27. The average Bonchev–Trinajstić information content (AvgIpc) is 3.28. The summed E-state index contributed by atoms with van der Waals surface area (Å²) in [4.78, 5) is 7.36. The van der Waals surface area contributed by atoms with Crippen LogP contribution in [0.3, 0.4) is 0 Å². The van der Waals surface area contributed by atoms with Gasteiger partial charge >= 0.3 is 0 Å². The van der Waals surface area contributed by atoms with Gasteiger partial charge in [0, 0.05) is 22.5 Å². The number of hydrogen-bond acceptors (Lipinski definition) is 3. The average molecular weight is 268 g/mol. The Labute approximate surface area is 117 Å². The summed E-state index contributed by atoms with van der Waals surface area (Å²) in [7, 11) is 1.95. The first kappa shape index (κ1) is 11.4. The summed E-state index contributed by atoms with van der Waals surface area (Å²) in [5.74, 6) is 1.52. The minimum atomic E-state index is 0.635. The summed E-state index contributed by atoms with van der Waals surface area (Å²) >= 11 is 1.86. The molecule has 96 valence electrons. The standard InChI is InChI=1S/C16H16N2S/c1-17-12-5-7-14-16(9-12)19-15-8-11(10-2-3-10)4-6-13(15)18-14/h4-11,17H,2-3H2,1H3. The van der Waals surface area contributed by atoms with E-state index in [2.05, 4.69) is 41.7 Å². The third-order valence-electron chi connectivity index (χ3n) is 3.95. The molecule has 1 aromatic carbocycles. The number of thioether (sulfide) groups is 1. The summed E-state index contributed by atoms with van der Waals surface area (Å²) in [5, 5.41) is 3.19. The molecule has 3 aliphatic rings. The van der Waals surface area contributed by atoms with Gasteiger partial charge < -0.3 is 5.32 Å².